The van der Waals surface area contributed by atoms with Crippen molar-refractivity contribution >= 4 is 39.1 Å². The number of rotatable bonds is 12. The van der Waals surface area contributed by atoms with Crippen LogP contribution in [0.3, 0.4) is 0 Å². The van der Waals surface area contributed by atoms with Gasteiger partial charge in [0.25, 0.3) is 10.0 Å². The van der Waals surface area contributed by atoms with Crippen molar-refractivity contribution in [3.05, 3.63) is 89.2 Å². The van der Waals surface area contributed by atoms with Crippen LogP contribution in [0.5, 0.6) is 5.75 Å². The minimum Gasteiger partial charge on any atom is -0.494 e. The number of sulfonamides is 1. The molecule has 0 aliphatic rings. The standard InChI is InChI=1S/C28H31ClFN3O5S/c1-4-31-28(35)20(3)32(18-21-8-6-7-9-26(21)30)27(34)19-33(23-12-14-24(15-13-23)38-5-2)39(36,37)25-16-10-22(29)11-17-25/h6-17,20H,4-5,18-19H2,1-3H3,(H,31,35)/t20-/m0/s1. The van der Waals surface area contributed by atoms with Crippen LogP contribution >= 0.6 is 11.6 Å². The van der Waals surface area contributed by atoms with Crippen molar-refractivity contribution in [1.29, 1.82) is 0 Å². The van der Waals surface area contributed by atoms with Crippen LogP contribution in [-0.2, 0) is 26.2 Å². The molecule has 0 aliphatic carbocycles. The third-order valence-corrected chi connectivity index (χ3v) is 7.97. The highest BCUT2D eigenvalue weighted by atomic mass is 35.5. The van der Waals surface area contributed by atoms with Gasteiger partial charge in [0.15, 0.2) is 0 Å². The Balaban J connectivity index is 2.04. The second kappa shape index (κ2) is 13.4. The number of benzene rings is 3. The maximum Gasteiger partial charge on any atom is 0.264 e. The number of hydrogen-bond donors (Lipinski definition) is 1. The van der Waals surface area contributed by atoms with Crippen molar-refractivity contribution in [3.8, 4) is 5.75 Å². The lowest BCUT2D eigenvalue weighted by Gasteiger charge is -2.32. The first-order valence-corrected chi connectivity index (χ1v) is 14.2. The molecule has 0 unspecified atom stereocenters. The predicted octanol–water partition coefficient (Wildman–Crippen LogP) is 4.63. The monoisotopic (exact) mass is 575 g/mol. The van der Waals surface area contributed by atoms with E-state index in [0.29, 0.717) is 23.9 Å². The Morgan fingerprint density at radius 1 is 1.00 bits per heavy atom. The van der Waals surface area contributed by atoms with Gasteiger partial charge in [-0.3, -0.25) is 13.9 Å². The van der Waals surface area contributed by atoms with Gasteiger partial charge in [-0.05, 0) is 75.4 Å². The summed E-state index contributed by atoms with van der Waals surface area (Å²) in [6.07, 6.45) is 0. The summed E-state index contributed by atoms with van der Waals surface area (Å²) in [5, 5.41) is 3.01. The highest BCUT2D eigenvalue weighted by Crippen LogP contribution is 2.27. The fraction of sp³-hybridized carbons (Fsp3) is 0.286. The zero-order chi connectivity index (χ0) is 28.6. The van der Waals surface area contributed by atoms with E-state index in [1.54, 1.807) is 25.1 Å². The molecule has 0 heterocycles. The lowest BCUT2D eigenvalue weighted by atomic mass is 10.1. The van der Waals surface area contributed by atoms with Gasteiger partial charge in [-0.25, -0.2) is 12.8 Å². The quantitative estimate of drug-likeness (QED) is 0.340. The molecule has 0 saturated heterocycles. The maximum atomic E-state index is 14.5. The highest BCUT2D eigenvalue weighted by molar-refractivity contribution is 7.92. The largest absolute Gasteiger partial charge is 0.494 e. The van der Waals surface area contributed by atoms with E-state index >= 15 is 0 Å². The van der Waals surface area contributed by atoms with Crippen LogP contribution in [0.2, 0.25) is 5.02 Å². The second-order valence-corrected chi connectivity index (χ2v) is 10.9. The van der Waals surface area contributed by atoms with Crippen LogP contribution in [-0.4, -0.2) is 50.9 Å². The Morgan fingerprint density at radius 2 is 1.64 bits per heavy atom. The van der Waals surface area contributed by atoms with Gasteiger partial charge in [0.1, 0.15) is 24.2 Å². The first-order chi connectivity index (χ1) is 18.6. The Morgan fingerprint density at radius 3 is 2.23 bits per heavy atom. The Hall–Kier alpha value is -3.63. The third-order valence-electron chi connectivity index (χ3n) is 5.93. The van der Waals surface area contributed by atoms with Gasteiger partial charge < -0.3 is 15.0 Å². The first-order valence-electron chi connectivity index (χ1n) is 12.4. The molecule has 3 rings (SSSR count). The summed E-state index contributed by atoms with van der Waals surface area (Å²) in [4.78, 5) is 27.6. The van der Waals surface area contributed by atoms with Gasteiger partial charge in [-0.15, -0.1) is 0 Å². The molecule has 0 radical (unpaired) electrons. The number of likely N-dealkylation sites (N-methyl/N-ethyl adjacent to an activating group) is 1. The summed E-state index contributed by atoms with van der Waals surface area (Å²) in [6.45, 7) is 4.95. The lowest BCUT2D eigenvalue weighted by molar-refractivity contribution is -0.139. The molecule has 3 aromatic carbocycles. The van der Waals surface area contributed by atoms with E-state index in [-0.39, 0.29) is 22.7 Å². The fourth-order valence-electron chi connectivity index (χ4n) is 3.85. The molecular weight excluding hydrogens is 545 g/mol. The van der Waals surface area contributed by atoms with E-state index in [9.17, 15) is 22.4 Å². The van der Waals surface area contributed by atoms with Crippen LogP contribution in [0.25, 0.3) is 0 Å². The molecule has 8 nitrogen and oxygen atoms in total. The van der Waals surface area contributed by atoms with E-state index in [0.717, 1.165) is 4.31 Å². The van der Waals surface area contributed by atoms with E-state index in [2.05, 4.69) is 5.32 Å². The van der Waals surface area contributed by atoms with E-state index < -0.39 is 40.2 Å². The SMILES string of the molecule is CCNC(=O)[C@H](C)N(Cc1ccccc1F)C(=O)CN(c1ccc(OCC)cc1)S(=O)(=O)c1ccc(Cl)cc1. The normalized spacial score (nSPS) is 11.9. The smallest absolute Gasteiger partial charge is 0.264 e. The molecule has 39 heavy (non-hydrogen) atoms. The summed E-state index contributed by atoms with van der Waals surface area (Å²) >= 11 is 5.96. The van der Waals surface area contributed by atoms with E-state index in [4.69, 9.17) is 16.3 Å². The van der Waals surface area contributed by atoms with Crippen molar-refractivity contribution < 1.29 is 27.1 Å². The van der Waals surface area contributed by atoms with Crippen LogP contribution in [0.4, 0.5) is 10.1 Å². The number of amides is 2. The first kappa shape index (κ1) is 29.9. The van der Waals surface area contributed by atoms with Gasteiger partial charge in [0, 0.05) is 23.7 Å². The number of carbonyl (C=O) groups is 2. The molecule has 0 spiro atoms. The lowest BCUT2D eigenvalue weighted by Crippen LogP contribution is -2.51. The molecule has 11 heteroatoms. The minimum atomic E-state index is -4.25. The number of nitrogens with zero attached hydrogens (tertiary/aromatic N) is 2. The Bertz CT molecular complexity index is 1390. The number of hydrogen-bond acceptors (Lipinski definition) is 5. The number of nitrogens with one attached hydrogen (secondary N) is 1. The number of ether oxygens (including phenoxy) is 1. The Kier molecular flexibility index (Phi) is 10.3. The van der Waals surface area contributed by atoms with Gasteiger partial charge in [0.05, 0.1) is 17.2 Å². The number of halogens is 2. The topological polar surface area (TPSA) is 96.0 Å². The van der Waals surface area contributed by atoms with Crippen LogP contribution in [0.1, 0.15) is 26.3 Å². The zero-order valence-electron chi connectivity index (χ0n) is 21.9. The zero-order valence-corrected chi connectivity index (χ0v) is 23.5. The van der Waals surface area contributed by atoms with E-state index in [1.165, 1.54) is 66.4 Å². The molecule has 2 amide bonds. The van der Waals surface area contributed by atoms with Crippen LogP contribution < -0.4 is 14.4 Å². The second-order valence-electron chi connectivity index (χ2n) is 8.58. The molecule has 0 fully saturated rings. The molecule has 3 aromatic rings. The summed E-state index contributed by atoms with van der Waals surface area (Å²) in [5.41, 5.74) is 0.397. The van der Waals surface area contributed by atoms with Gasteiger partial charge in [0.2, 0.25) is 11.8 Å². The molecule has 0 saturated carbocycles. The summed E-state index contributed by atoms with van der Waals surface area (Å²) in [5.74, 6) is -1.16. The van der Waals surface area contributed by atoms with Crippen molar-refractivity contribution in [2.75, 3.05) is 24.0 Å². The van der Waals surface area contributed by atoms with Crippen molar-refractivity contribution in [3.63, 3.8) is 0 Å². The van der Waals surface area contributed by atoms with Crippen molar-refractivity contribution in [1.82, 2.24) is 10.2 Å². The number of anilines is 1. The maximum absolute atomic E-state index is 14.5. The fourth-order valence-corrected chi connectivity index (χ4v) is 5.39. The van der Waals surface area contributed by atoms with Gasteiger partial charge in [-0.1, -0.05) is 29.8 Å². The average Bonchev–Trinajstić information content (AvgIpc) is 2.92. The predicted molar refractivity (Wildman–Crippen MR) is 149 cm³/mol. The summed E-state index contributed by atoms with van der Waals surface area (Å²) < 4.78 is 48.5. The third kappa shape index (κ3) is 7.48. The molecule has 1 N–H and O–H groups in total. The van der Waals surface area contributed by atoms with Crippen LogP contribution in [0.15, 0.2) is 77.7 Å². The highest BCUT2D eigenvalue weighted by Gasteiger charge is 2.32. The molecular formula is C28H31ClFN3O5S. The molecule has 0 aliphatic heterocycles. The minimum absolute atomic E-state index is 0.0778. The summed E-state index contributed by atoms with van der Waals surface area (Å²) in [6, 6.07) is 16.7. The van der Waals surface area contributed by atoms with E-state index in [1.807, 2.05) is 6.92 Å². The van der Waals surface area contributed by atoms with Crippen LogP contribution in [0, 0.1) is 5.82 Å². The van der Waals surface area contributed by atoms with Gasteiger partial charge >= 0.3 is 0 Å². The summed E-state index contributed by atoms with van der Waals surface area (Å²) in [7, 11) is -4.25. The molecule has 208 valence electrons. The van der Waals surface area contributed by atoms with Gasteiger partial charge in [-0.2, -0.15) is 0 Å². The van der Waals surface area contributed by atoms with Crippen molar-refractivity contribution in [2.24, 2.45) is 0 Å². The number of carbonyl (C=O) groups excluding carboxylic acids is 2. The molecule has 0 bridgehead atoms. The Labute approximate surface area is 233 Å². The average molecular weight is 576 g/mol. The molecule has 0 aromatic heterocycles. The van der Waals surface area contributed by atoms with Crippen molar-refractivity contribution in [2.45, 2.75) is 38.3 Å². The molecule has 1 atom stereocenters.